The van der Waals surface area contributed by atoms with Gasteiger partial charge in [-0.25, -0.2) is 0 Å². The fourth-order valence-corrected chi connectivity index (χ4v) is 10.6. The summed E-state index contributed by atoms with van der Waals surface area (Å²) >= 11 is 7.72. The Hall–Kier alpha value is 0.880. The van der Waals surface area contributed by atoms with E-state index in [-0.39, 0.29) is 27.1 Å². The maximum atomic E-state index is 6.47. The van der Waals surface area contributed by atoms with Gasteiger partial charge >= 0.3 is 0 Å². The summed E-state index contributed by atoms with van der Waals surface area (Å²) in [5, 5.41) is 2.16. The molecule has 0 fully saturated rings. The number of rotatable bonds is 29. The minimum Gasteiger partial charge on any atom is -0.381 e. The predicted molar refractivity (Wildman–Crippen MR) is 265 cm³/mol. The van der Waals surface area contributed by atoms with E-state index >= 15 is 0 Å². The summed E-state index contributed by atoms with van der Waals surface area (Å²) in [7, 11) is 0. The molecular formula is C53H106Br2O2. The van der Waals surface area contributed by atoms with Gasteiger partial charge in [0.25, 0.3) is 0 Å². The fraction of sp³-hybridized carbons (Fsp3) is 1.00. The van der Waals surface area contributed by atoms with Crippen LogP contribution in [0.15, 0.2) is 0 Å². The molecule has 0 bridgehead atoms. The zero-order valence-corrected chi connectivity index (χ0v) is 46.1. The first-order valence-electron chi connectivity index (χ1n) is 24.0. The molecule has 0 spiro atoms. The van der Waals surface area contributed by atoms with Gasteiger partial charge in [-0.05, 0) is 137 Å². The summed E-state index contributed by atoms with van der Waals surface area (Å²) in [4.78, 5) is 0. The Kier molecular flexibility index (Phi) is 25.0. The van der Waals surface area contributed by atoms with Crippen molar-refractivity contribution in [1.29, 1.82) is 0 Å². The predicted octanol–water partition coefficient (Wildman–Crippen LogP) is 18.3. The standard InChI is InChI=1S/C53H106Br2O2/c1-41(32-35-54)43(51(16,17)47(5,6)7)29-23-26-38-57-40-28-31-45(53(20,21)49(11,12)13)42(33-36-55)44(52(18,19)48(8,9)10)30-27-39-56-37-25-22-24-34-50(14,15)46(2,3)4/h41-45H,22-40H2,1-21H3. The highest BCUT2D eigenvalue weighted by molar-refractivity contribution is 9.09. The van der Waals surface area contributed by atoms with Crippen molar-refractivity contribution in [3.05, 3.63) is 0 Å². The van der Waals surface area contributed by atoms with Gasteiger partial charge in [-0.1, -0.05) is 197 Å². The van der Waals surface area contributed by atoms with Crippen LogP contribution in [0, 0.1) is 72.9 Å². The van der Waals surface area contributed by atoms with Gasteiger partial charge in [-0.15, -0.1) is 0 Å². The van der Waals surface area contributed by atoms with E-state index < -0.39 is 0 Å². The van der Waals surface area contributed by atoms with Gasteiger partial charge in [0, 0.05) is 37.1 Å². The van der Waals surface area contributed by atoms with Crippen LogP contribution in [0.3, 0.4) is 0 Å². The smallest absolute Gasteiger partial charge is 0.0466 e. The molecule has 0 aliphatic rings. The Labute approximate surface area is 378 Å². The van der Waals surface area contributed by atoms with E-state index in [1.807, 2.05) is 0 Å². The number of hydrogen-bond donors (Lipinski definition) is 0. The average molecular weight is 935 g/mol. The lowest BCUT2D eigenvalue weighted by molar-refractivity contribution is -0.0651. The first-order valence-corrected chi connectivity index (χ1v) is 26.3. The van der Waals surface area contributed by atoms with Gasteiger partial charge in [-0.3, -0.25) is 0 Å². The van der Waals surface area contributed by atoms with Crippen LogP contribution in [0.4, 0.5) is 0 Å². The van der Waals surface area contributed by atoms with Crippen molar-refractivity contribution < 1.29 is 9.47 Å². The van der Waals surface area contributed by atoms with Crippen LogP contribution in [0.25, 0.3) is 0 Å². The number of ether oxygens (including phenoxy) is 2. The molecule has 0 amide bonds. The molecule has 0 radical (unpaired) electrons. The Balaban J connectivity index is 5.76. The summed E-state index contributed by atoms with van der Waals surface area (Å²) in [5.74, 6) is 3.30. The van der Waals surface area contributed by atoms with Gasteiger partial charge in [0.1, 0.15) is 0 Å². The van der Waals surface area contributed by atoms with E-state index in [1.165, 1.54) is 70.6 Å². The molecule has 0 aromatic heterocycles. The van der Waals surface area contributed by atoms with Crippen LogP contribution in [0.1, 0.15) is 229 Å². The van der Waals surface area contributed by atoms with Crippen LogP contribution in [-0.2, 0) is 9.47 Å². The lowest BCUT2D eigenvalue weighted by Crippen LogP contribution is -2.48. The molecule has 5 unspecified atom stereocenters. The molecule has 0 saturated carbocycles. The van der Waals surface area contributed by atoms with Crippen LogP contribution in [0.5, 0.6) is 0 Å². The zero-order chi connectivity index (χ0) is 44.7. The van der Waals surface area contributed by atoms with Gasteiger partial charge < -0.3 is 9.47 Å². The zero-order valence-electron chi connectivity index (χ0n) is 42.9. The van der Waals surface area contributed by atoms with Crippen LogP contribution < -0.4 is 0 Å². The molecule has 344 valence electrons. The average Bonchev–Trinajstić information content (AvgIpc) is 3.03. The topological polar surface area (TPSA) is 18.5 Å². The molecule has 0 aromatic carbocycles. The molecule has 0 saturated heterocycles. The normalized spacial score (nSPS) is 17.1. The van der Waals surface area contributed by atoms with E-state index in [1.54, 1.807) is 0 Å². The summed E-state index contributed by atoms with van der Waals surface area (Å²) in [6.07, 6.45) is 16.0. The van der Waals surface area contributed by atoms with E-state index in [2.05, 4.69) is 177 Å². The van der Waals surface area contributed by atoms with Crippen molar-refractivity contribution >= 4 is 31.9 Å². The maximum absolute atomic E-state index is 6.47. The molecular weight excluding hydrogens is 828 g/mol. The second-order valence-electron chi connectivity index (χ2n) is 25.3. The van der Waals surface area contributed by atoms with E-state index in [0.29, 0.717) is 34.0 Å². The molecule has 5 atom stereocenters. The molecule has 4 heteroatoms. The molecule has 0 aliphatic heterocycles. The largest absolute Gasteiger partial charge is 0.381 e. The van der Waals surface area contributed by atoms with Crippen LogP contribution in [0.2, 0.25) is 0 Å². The minimum absolute atomic E-state index is 0.185. The molecule has 0 aliphatic carbocycles. The van der Waals surface area contributed by atoms with Crippen LogP contribution >= 0.6 is 31.9 Å². The van der Waals surface area contributed by atoms with Gasteiger partial charge in [0.2, 0.25) is 0 Å². The first-order chi connectivity index (χ1) is 25.8. The minimum atomic E-state index is 0.185. The Bertz CT molecular complexity index is 1040. The van der Waals surface area contributed by atoms with Crippen molar-refractivity contribution in [2.75, 3.05) is 37.1 Å². The summed E-state index contributed by atoms with van der Waals surface area (Å²) in [6, 6.07) is 0. The van der Waals surface area contributed by atoms with Gasteiger partial charge in [0.15, 0.2) is 0 Å². The number of unbranched alkanes of at least 4 members (excludes halogenated alkanes) is 3. The number of alkyl halides is 2. The number of halogens is 2. The molecule has 0 rings (SSSR count). The maximum Gasteiger partial charge on any atom is 0.0466 e. The number of hydrogen-bond acceptors (Lipinski definition) is 2. The Morgan fingerprint density at radius 3 is 1.09 bits per heavy atom. The second kappa shape index (κ2) is 24.7. The Morgan fingerprint density at radius 1 is 0.368 bits per heavy atom. The molecule has 0 aromatic rings. The van der Waals surface area contributed by atoms with Gasteiger partial charge in [-0.2, -0.15) is 0 Å². The highest BCUT2D eigenvalue weighted by Crippen LogP contribution is 2.57. The lowest BCUT2D eigenvalue weighted by Gasteiger charge is -2.55. The monoisotopic (exact) mass is 933 g/mol. The van der Waals surface area contributed by atoms with Crippen molar-refractivity contribution in [1.82, 2.24) is 0 Å². The summed E-state index contributed by atoms with van der Waals surface area (Å²) in [6.45, 7) is 55.6. The highest BCUT2D eigenvalue weighted by atomic mass is 79.9. The van der Waals surface area contributed by atoms with Crippen LogP contribution in [-0.4, -0.2) is 37.1 Å². The third-order valence-corrected chi connectivity index (χ3v) is 18.5. The molecule has 57 heavy (non-hydrogen) atoms. The van der Waals surface area contributed by atoms with E-state index in [9.17, 15) is 0 Å². The lowest BCUT2D eigenvalue weighted by atomic mass is 9.50. The molecule has 0 heterocycles. The van der Waals surface area contributed by atoms with Crippen molar-refractivity contribution in [2.24, 2.45) is 72.9 Å². The fourth-order valence-electron chi connectivity index (χ4n) is 9.33. The van der Waals surface area contributed by atoms with E-state index in [0.717, 1.165) is 61.8 Å². The molecule has 2 nitrogen and oxygen atoms in total. The summed E-state index contributed by atoms with van der Waals surface area (Å²) in [5.41, 5.74) is 2.09. The van der Waals surface area contributed by atoms with Crippen molar-refractivity contribution in [2.45, 2.75) is 229 Å². The van der Waals surface area contributed by atoms with E-state index in [4.69, 9.17) is 9.47 Å². The van der Waals surface area contributed by atoms with Crippen molar-refractivity contribution in [3.8, 4) is 0 Å². The third-order valence-electron chi connectivity index (χ3n) is 17.6. The SMILES string of the molecule is CC(CCBr)C(CCCCOCCCC(C(CCBr)C(CCCOCCCCCC(C)(C)C(C)(C)C)C(C)(C)C(C)(C)C)C(C)(C)C(C)(C)C)C(C)(C)C(C)(C)C. The summed E-state index contributed by atoms with van der Waals surface area (Å²) < 4.78 is 12.8. The Morgan fingerprint density at radius 2 is 0.719 bits per heavy atom. The highest BCUT2D eigenvalue weighted by Gasteiger charge is 2.50. The van der Waals surface area contributed by atoms with Crippen molar-refractivity contribution in [3.63, 3.8) is 0 Å². The molecule has 0 N–H and O–H groups in total. The van der Waals surface area contributed by atoms with Gasteiger partial charge in [0.05, 0.1) is 0 Å². The second-order valence-corrected chi connectivity index (χ2v) is 26.9. The quantitative estimate of drug-likeness (QED) is 0.0550. The first kappa shape index (κ1) is 57.9. The third kappa shape index (κ3) is 18.3.